The van der Waals surface area contributed by atoms with Crippen LogP contribution in [0.5, 0.6) is 0 Å². The fourth-order valence-corrected chi connectivity index (χ4v) is 2.41. The summed E-state index contributed by atoms with van der Waals surface area (Å²) in [6, 6.07) is 8.14. The van der Waals surface area contributed by atoms with Gasteiger partial charge in [-0.15, -0.1) is 11.3 Å². The summed E-state index contributed by atoms with van der Waals surface area (Å²) in [5, 5.41) is 11.1. The number of thiazole rings is 1. The van der Waals surface area contributed by atoms with Crippen molar-refractivity contribution < 1.29 is 9.90 Å². The smallest absolute Gasteiger partial charge is 0.355 e. The van der Waals surface area contributed by atoms with E-state index in [0.717, 1.165) is 11.7 Å². The van der Waals surface area contributed by atoms with Gasteiger partial charge in [-0.25, -0.2) is 9.78 Å². The monoisotopic (exact) mass is 262 g/mol. The molecule has 0 radical (unpaired) electrons. The maximum atomic E-state index is 10.8. The Kier molecular flexibility index (Phi) is 3.62. The van der Waals surface area contributed by atoms with Gasteiger partial charge in [0.25, 0.3) is 0 Å². The Morgan fingerprint density at radius 1 is 1.44 bits per heavy atom. The van der Waals surface area contributed by atoms with Crippen LogP contribution in [0.2, 0.25) is 0 Å². The number of aryl methyl sites for hydroxylation is 1. The van der Waals surface area contributed by atoms with E-state index < -0.39 is 5.97 Å². The zero-order chi connectivity index (χ0) is 13.1. The van der Waals surface area contributed by atoms with Crippen molar-refractivity contribution in [3.8, 4) is 0 Å². The van der Waals surface area contributed by atoms with Gasteiger partial charge in [0.15, 0.2) is 10.8 Å². The molecule has 0 bridgehead atoms. The highest BCUT2D eigenvalue weighted by molar-refractivity contribution is 7.13. The van der Waals surface area contributed by atoms with Gasteiger partial charge in [-0.1, -0.05) is 24.3 Å². The molecule has 2 rings (SSSR count). The summed E-state index contributed by atoms with van der Waals surface area (Å²) in [7, 11) is 1.91. The van der Waals surface area contributed by atoms with E-state index in [1.54, 1.807) is 5.38 Å². The second kappa shape index (κ2) is 5.18. The van der Waals surface area contributed by atoms with Crippen molar-refractivity contribution in [2.45, 2.75) is 13.5 Å². The van der Waals surface area contributed by atoms with Crippen LogP contribution in [-0.2, 0) is 6.54 Å². The topological polar surface area (TPSA) is 53.4 Å². The summed E-state index contributed by atoms with van der Waals surface area (Å²) < 4.78 is 0. The molecule has 0 saturated carbocycles. The molecular formula is C13H14N2O2S. The van der Waals surface area contributed by atoms with Crippen molar-refractivity contribution in [2.75, 3.05) is 11.9 Å². The van der Waals surface area contributed by atoms with Gasteiger partial charge in [-0.3, -0.25) is 0 Å². The summed E-state index contributed by atoms with van der Waals surface area (Å²) >= 11 is 1.35. The van der Waals surface area contributed by atoms with E-state index in [4.69, 9.17) is 5.11 Å². The minimum Gasteiger partial charge on any atom is -0.476 e. The average molecular weight is 262 g/mol. The number of aromatic nitrogens is 1. The van der Waals surface area contributed by atoms with Crippen molar-refractivity contribution in [1.29, 1.82) is 0 Å². The standard InChI is InChI=1S/C13H14N2O2S/c1-9-5-3-4-6-10(9)7-15(2)13-14-11(8-18-13)12(16)17/h3-6,8H,7H2,1-2H3,(H,16,17). The first-order valence-electron chi connectivity index (χ1n) is 5.52. The molecule has 0 amide bonds. The van der Waals surface area contributed by atoms with Gasteiger partial charge in [0.1, 0.15) is 0 Å². The summed E-state index contributed by atoms with van der Waals surface area (Å²) in [6.07, 6.45) is 0. The normalized spacial score (nSPS) is 10.3. The van der Waals surface area contributed by atoms with Crippen LogP contribution in [0.15, 0.2) is 29.6 Å². The molecule has 1 heterocycles. The highest BCUT2D eigenvalue weighted by Crippen LogP contribution is 2.21. The van der Waals surface area contributed by atoms with Crippen LogP contribution in [0, 0.1) is 6.92 Å². The first-order valence-corrected chi connectivity index (χ1v) is 6.40. The van der Waals surface area contributed by atoms with E-state index in [-0.39, 0.29) is 5.69 Å². The fourth-order valence-electron chi connectivity index (χ4n) is 1.65. The summed E-state index contributed by atoms with van der Waals surface area (Å²) in [5.41, 5.74) is 2.54. The van der Waals surface area contributed by atoms with E-state index in [9.17, 15) is 4.79 Å². The van der Waals surface area contributed by atoms with Gasteiger partial charge in [0, 0.05) is 19.0 Å². The van der Waals surface area contributed by atoms with Crippen LogP contribution >= 0.6 is 11.3 Å². The predicted octanol–water partition coefficient (Wildman–Crippen LogP) is 2.79. The number of hydrogen-bond acceptors (Lipinski definition) is 4. The molecule has 0 fully saturated rings. The van der Waals surface area contributed by atoms with Crippen LogP contribution in [0.3, 0.4) is 0 Å². The molecule has 1 aromatic heterocycles. The zero-order valence-corrected chi connectivity index (χ0v) is 11.1. The molecule has 0 spiro atoms. The Balaban J connectivity index is 2.14. The van der Waals surface area contributed by atoms with Crippen molar-refractivity contribution in [2.24, 2.45) is 0 Å². The second-order valence-corrected chi connectivity index (χ2v) is 4.94. The van der Waals surface area contributed by atoms with Crippen LogP contribution < -0.4 is 4.90 Å². The molecule has 0 aliphatic carbocycles. The molecule has 94 valence electrons. The molecule has 0 atom stereocenters. The minimum atomic E-state index is -0.984. The fraction of sp³-hybridized carbons (Fsp3) is 0.231. The molecule has 1 N–H and O–H groups in total. The van der Waals surface area contributed by atoms with Gasteiger partial charge in [-0.2, -0.15) is 0 Å². The molecule has 18 heavy (non-hydrogen) atoms. The molecule has 0 unspecified atom stereocenters. The Bertz CT molecular complexity index is 566. The number of carbonyl (C=O) groups is 1. The van der Waals surface area contributed by atoms with E-state index in [1.165, 1.54) is 22.5 Å². The van der Waals surface area contributed by atoms with E-state index in [0.29, 0.717) is 0 Å². The first kappa shape index (κ1) is 12.6. The Labute approximate surface area is 110 Å². The lowest BCUT2D eigenvalue weighted by molar-refractivity contribution is 0.0691. The van der Waals surface area contributed by atoms with Gasteiger partial charge in [-0.05, 0) is 18.1 Å². The predicted molar refractivity (Wildman–Crippen MR) is 72.4 cm³/mol. The second-order valence-electron chi connectivity index (χ2n) is 4.10. The van der Waals surface area contributed by atoms with Crippen LogP contribution in [0.25, 0.3) is 0 Å². The quantitative estimate of drug-likeness (QED) is 0.920. The summed E-state index contributed by atoms with van der Waals surface area (Å²) in [5.74, 6) is -0.984. The van der Waals surface area contributed by atoms with E-state index in [2.05, 4.69) is 24.0 Å². The largest absolute Gasteiger partial charge is 0.476 e. The van der Waals surface area contributed by atoms with Gasteiger partial charge in [0.2, 0.25) is 0 Å². The summed E-state index contributed by atoms with van der Waals surface area (Å²) in [4.78, 5) is 16.8. The van der Waals surface area contributed by atoms with E-state index >= 15 is 0 Å². The highest BCUT2D eigenvalue weighted by atomic mass is 32.1. The number of rotatable bonds is 4. The van der Waals surface area contributed by atoms with Crippen LogP contribution in [0.1, 0.15) is 21.6 Å². The molecule has 2 aromatic rings. The van der Waals surface area contributed by atoms with Gasteiger partial charge in [0.05, 0.1) is 0 Å². The third-order valence-corrected chi connectivity index (χ3v) is 3.66. The van der Waals surface area contributed by atoms with Gasteiger partial charge >= 0.3 is 5.97 Å². The first-order chi connectivity index (χ1) is 8.58. The van der Waals surface area contributed by atoms with Gasteiger partial charge < -0.3 is 10.0 Å². The Hall–Kier alpha value is -1.88. The number of carboxylic acid groups (broad SMARTS) is 1. The number of benzene rings is 1. The minimum absolute atomic E-state index is 0.103. The number of hydrogen-bond donors (Lipinski definition) is 1. The van der Waals surface area contributed by atoms with Crippen molar-refractivity contribution in [3.63, 3.8) is 0 Å². The molecule has 4 nitrogen and oxygen atoms in total. The lowest BCUT2D eigenvalue weighted by atomic mass is 10.1. The van der Waals surface area contributed by atoms with Crippen molar-refractivity contribution in [1.82, 2.24) is 4.98 Å². The lowest BCUT2D eigenvalue weighted by Gasteiger charge is -2.17. The molecule has 0 saturated heterocycles. The Morgan fingerprint density at radius 3 is 2.78 bits per heavy atom. The maximum Gasteiger partial charge on any atom is 0.355 e. The number of carboxylic acids is 1. The average Bonchev–Trinajstić information content (AvgIpc) is 2.81. The highest BCUT2D eigenvalue weighted by Gasteiger charge is 2.12. The Morgan fingerprint density at radius 2 is 2.17 bits per heavy atom. The third-order valence-electron chi connectivity index (χ3n) is 2.71. The van der Waals surface area contributed by atoms with Crippen molar-refractivity contribution >= 4 is 22.4 Å². The summed E-state index contributed by atoms with van der Waals surface area (Å²) in [6.45, 7) is 2.78. The number of nitrogens with zero attached hydrogens (tertiary/aromatic N) is 2. The third kappa shape index (κ3) is 2.68. The molecule has 0 aliphatic heterocycles. The lowest BCUT2D eigenvalue weighted by Crippen LogP contribution is -2.17. The SMILES string of the molecule is Cc1ccccc1CN(C)c1nc(C(=O)O)cs1. The van der Waals surface area contributed by atoms with E-state index in [1.807, 2.05) is 24.1 Å². The molecule has 0 aliphatic rings. The number of aromatic carboxylic acids is 1. The maximum absolute atomic E-state index is 10.8. The molecular weight excluding hydrogens is 248 g/mol. The van der Waals surface area contributed by atoms with Crippen molar-refractivity contribution in [3.05, 3.63) is 46.5 Å². The van der Waals surface area contributed by atoms with Crippen LogP contribution in [-0.4, -0.2) is 23.1 Å². The van der Waals surface area contributed by atoms with Crippen LogP contribution in [0.4, 0.5) is 5.13 Å². The zero-order valence-electron chi connectivity index (χ0n) is 10.3. The molecule has 5 heteroatoms. The molecule has 1 aromatic carbocycles. The number of anilines is 1.